The van der Waals surface area contributed by atoms with Crippen LogP contribution in [0.5, 0.6) is 0 Å². The smallest absolute Gasteiger partial charge is 0.253 e. The number of hydrogen-bond donors (Lipinski definition) is 1. The van der Waals surface area contributed by atoms with Crippen molar-refractivity contribution in [2.24, 2.45) is 0 Å². The number of piperidine rings is 2. The molecule has 0 radical (unpaired) electrons. The van der Waals surface area contributed by atoms with Gasteiger partial charge in [-0.05, 0) is 114 Å². The number of amides is 2. The number of nitrogens with zero attached hydrogens (tertiary/aromatic N) is 3. The molecule has 0 bridgehead atoms. The van der Waals surface area contributed by atoms with Crippen molar-refractivity contribution in [1.82, 2.24) is 20.0 Å². The Kier molecular flexibility index (Phi) is 11.7. The topological polar surface area (TPSA) is 55.9 Å². The summed E-state index contributed by atoms with van der Waals surface area (Å²) in [5.41, 5.74) is 1.01. The SMILES string of the molecule is CCN(CC)C(=O)C1(N2CCCCC2CCC(CN(C)C(=O)c2ccc(F)cc2)c2ccc(Cl)c(Cl)c2)CCNCC1. The van der Waals surface area contributed by atoms with Crippen molar-refractivity contribution >= 4 is 35.0 Å². The molecule has 2 fully saturated rings. The molecule has 2 amide bonds. The Labute approximate surface area is 260 Å². The van der Waals surface area contributed by atoms with Gasteiger partial charge in [-0.3, -0.25) is 14.5 Å². The first-order valence-corrected chi connectivity index (χ1v) is 16.2. The van der Waals surface area contributed by atoms with Crippen LogP contribution in [0.3, 0.4) is 0 Å². The Bertz CT molecular complexity index is 1200. The van der Waals surface area contributed by atoms with Crippen molar-refractivity contribution in [3.8, 4) is 0 Å². The first-order chi connectivity index (χ1) is 20.2. The van der Waals surface area contributed by atoms with E-state index in [0.717, 1.165) is 83.2 Å². The zero-order chi connectivity index (χ0) is 30.3. The number of carbonyl (C=O) groups is 2. The lowest BCUT2D eigenvalue weighted by atomic mass is 9.80. The molecule has 4 rings (SSSR count). The second-order valence-electron chi connectivity index (χ2n) is 11.7. The summed E-state index contributed by atoms with van der Waals surface area (Å²) in [5.74, 6) is -0.240. The summed E-state index contributed by atoms with van der Waals surface area (Å²) in [6.07, 6.45) is 6.68. The van der Waals surface area contributed by atoms with E-state index in [1.807, 2.05) is 23.1 Å². The van der Waals surface area contributed by atoms with Crippen LogP contribution in [0.15, 0.2) is 42.5 Å². The highest BCUT2D eigenvalue weighted by atomic mass is 35.5. The lowest BCUT2D eigenvalue weighted by Crippen LogP contribution is -2.66. The summed E-state index contributed by atoms with van der Waals surface area (Å²) in [4.78, 5) is 33.6. The van der Waals surface area contributed by atoms with E-state index in [0.29, 0.717) is 22.2 Å². The molecule has 0 aliphatic carbocycles. The number of carbonyl (C=O) groups excluding carboxylic acids is 2. The third-order valence-corrected chi connectivity index (χ3v) is 9.99. The van der Waals surface area contributed by atoms with Crippen molar-refractivity contribution in [3.63, 3.8) is 0 Å². The first-order valence-electron chi connectivity index (χ1n) is 15.4. The predicted octanol–water partition coefficient (Wildman–Crippen LogP) is 6.61. The van der Waals surface area contributed by atoms with Crippen LogP contribution in [-0.4, -0.2) is 84.4 Å². The third kappa shape index (κ3) is 7.47. The van der Waals surface area contributed by atoms with Gasteiger partial charge in [0.1, 0.15) is 11.4 Å². The molecule has 2 aromatic carbocycles. The zero-order valence-electron chi connectivity index (χ0n) is 25.2. The molecule has 9 heteroatoms. The van der Waals surface area contributed by atoms with E-state index in [9.17, 15) is 14.0 Å². The summed E-state index contributed by atoms with van der Waals surface area (Å²) in [5, 5.41) is 4.46. The van der Waals surface area contributed by atoms with Crippen LogP contribution in [0.4, 0.5) is 4.39 Å². The summed E-state index contributed by atoms with van der Waals surface area (Å²) in [6.45, 7) is 8.67. The van der Waals surface area contributed by atoms with E-state index in [2.05, 4.69) is 24.1 Å². The fourth-order valence-electron chi connectivity index (χ4n) is 6.88. The quantitative estimate of drug-likeness (QED) is 0.308. The number of hydrogen-bond acceptors (Lipinski definition) is 4. The maximum Gasteiger partial charge on any atom is 0.253 e. The van der Waals surface area contributed by atoms with Gasteiger partial charge in [0.15, 0.2) is 0 Å². The van der Waals surface area contributed by atoms with Crippen molar-refractivity contribution in [3.05, 3.63) is 69.5 Å². The minimum atomic E-state index is -0.475. The average Bonchev–Trinajstić information content (AvgIpc) is 3.01. The van der Waals surface area contributed by atoms with Gasteiger partial charge >= 0.3 is 0 Å². The molecule has 230 valence electrons. The van der Waals surface area contributed by atoms with Gasteiger partial charge in [-0.25, -0.2) is 4.39 Å². The van der Waals surface area contributed by atoms with Crippen LogP contribution in [0.1, 0.15) is 80.6 Å². The molecule has 2 aliphatic heterocycles. The van der Waals surface area contributed by atoms with Crippen LogP contribution in [0.2, 0.25) is 10.0 Å². The highest BCUT2D eigenvalue weighted by Crippen LogP contribution is 2.38. The van der Waals surface area contributed by atoms with Gasteiger partial charge in [-0.2, -0.15) is 0 Å². The van der Waals surface area contributed by atoms with Gasteiger partial charge in [0.05, 0.1) is 10.0 Å². The number of likely N-dealkylation sites (N-methyl/N-ethyl adjacent to an activating group) is 2. The monoisotopic (exact) mass is 618 g/mol. The van der Waals surface area contributed by atoms with E-state index < -0.39 is 5.54 Å². The van der Waals surface area contributed by atoms with Crippen LogP contribution < -0.4 is 5.32 Å². The molecule has 0 aromatic heterocycles. The molecule has 0 saturated carbocycles. The van der Waals surface area contributed by atoms with Crippen LogP contribution >= 0.6 is 23.2 Å². The van der Waals surface area contributed by atoms with Gasteiger partial charge in [-0.15, -0.1) is 0 Å². The number of rotatable bonds is 11. The second-order valence-corrected chi connectivity index (χ2v) is 12.6. The summed E-state index contributed by atoms with van der Waals surface area (Å²) in [6, 6.07) is 11.7. The lowest BCUT2D eigenvalue weighted by Gasteiger charge is -2.52. The lowest BCUT2D eigenvalue weighted by molar-refractivity contribution is -0.150. The fraction of sp³-hybridized carbons (Fsp3) is 0.576. The van der Waals surface area contributed by atoms with Gasteiger partial charge in [0, 0.05) is 44.2 Å². The highest BCUT2D eigenvalue weighted by molar-refractivity contribution is 6.42. The third-order valence-electron chi connectivity index (χ3n) is 9.25. The Morgan fingerprint density at radius 3 is 2.38 bits per heavy atom. The first kappa shape index (κ1) is 32.7. The number of likely N-dealkylation sites (tertiary alicyclic amines) is 1. The zero-order valence-corrected chi connectivity index (χ0v) is 26.7. The van der Waals surface area contributed by atoms with Crippen molar-refractivity contribution < 1.29 is 14.0 Å². The molecular weight excluding hydrogens is 574 g/mol. The maximum atomic E-state index is 14.1. The van der Waals surface area contributed by atoms with Gasteiger partial charge in [-0.1, -0.05) is 35.7 Å². The van der Waals surface area contributed by atoms with Crippen molar-refractivity contribution in [1.29, 1.82) is 0 Å². The molecule has 2 atom stereocenters. The molecule has 42 heavy (non-hydrogen) atoms. The van der Waals surface area contributed by atoms with E-state index >= 15 is 0 Å². The molecule has 0 spiro atoms. The largest absolute Gasteiger partial charge is 0.342 e. The van der Waals surface area contributed by atoms with E-state index in [1.165, 1.54) is 24.3 Å². The van der Waals surface area contributed by atoms with E-state index in [1.54, 1.807) is 11.9 Å². The molecule has 1 N–H and O–H groups in total. The minimum Gasteiger partial charge on any atom is -0.342 e. The second kappa shape index (κ2) is 15.0. The average molecular weight is 620 g/mol. The van der Waals surface area contributed by atoms with Crippen LogP contribution in [0.25, 0.3) is 0 Å². The number of halogens is 3. The Balaban J connectivity index is 1.57. The van der Waals surface area contributed by atoms with Crippen LogP contribution in [0, 0.1) is 5.82 Å². The van der Waals surface area contributed by atoms with Gasteiger partial charge in [0.2, 0.25) is 5.91 Å². The molecule has 6 nitrogen and oxygen atoms in total. The molecule has 2 unspecified atom stereocenters. The number of nitrogens with one attached hydrogen (secondary N) is 1. The van der Waals surface area contributed by atoms with Crippen molar-refractivity contribution in [2.75, 3.05) is 46.3 Å². The Morgan fingerprint density at radius 2 is 1.74 bits per heavy atom. The molecule has 2 heterocycles. The Hall–Kier alpha value is -2.19. The van der Waals surface area contributed by atoms with E-state index in [4.69, 9.17) is 23.2 Å². The van der Waals surface area contributed by atoms with Gasteiger partial charge in [0.25, 0.3) is 5.91 Å². The predicted molar refractivity (Wildman–Crippen MR) is 169 cm³/mol. The molecular formula is C33H45Cl2FN4O2. The Morgan fingerprint density at radius 1 is 1.05 bits per heavy atom. The normalized spacial score (nSPS) is 19.7. The van der Waals surface area contributed by atoms with Crippen molar-refractivity contribution in [2.45, 2.75) is 76.3 Å². The fourth-order valence-corrected chi connectivity index (χ4v) is 7.19. The highest BCUT2D eigenvalue weighted by Gasteiger charge is 2.49. The maximum absolute atomic E-state index is 14.1. The standard InChI is InChI=1S/C33H45Cl2FN4O2/c1-4-39(5-2)32(42)33(17-19-37-20-18-33)40-21-7-6-8-28(40)15-11-26(25-12-16-29(34)30(35)22-25)23-38(3)31(41)24-9-13-27(36)14-10-24/h9-10,12-14,16,22,26,28,37H,4-8,11,15,17-21,23H2,1-3H3. The van der Waals surface area contributed by atoms with Gasteiger partial charge < -0.3 is 15.1 Å². The minimum absolute atomic E-state index is 0.0143. The summed E-state index contributed by atoms with van der Waals surface area (Å²) in [7, 11) is 1.79. The number of benzene rings is 2. The summed E-state index contributed by atoms with van der Waals surface area (Å²) < 4.78 is 13.5. The molecule has 2 saturated heterocycles. The summed E-state index contributed by atoms with van der Waals surface area (Å²) >= 11 is 12.7. The molecule has 2 aliphatic rings. The molecule has 2 aromatic rings. The van der Waals surface area contributed by atoms with Crippen LogP contribution in [-0.2, 0) is 4.79 Å². The van der Waals surface area contributed by atoms with E-state index in [-0.39, 0.29) is 29.6 Å².